The van der Waals surface area contributed by atoms with Crippen LogP contribution in [0.5, 0.6) is 0 Å². The number of piperidine rings is 1. The van der Waals surface area contributed by atoms with Crippen LogP contribution in [0.3, 0.4) is 0 Å². The lowest BCUT2D eigenvalue weighted by atomic mass is 9.98. The van der Waals surface area contributed by atoms with Gasteiger partial charge in [-0.3, -0.25) is 9.59 Å². The molecule has 1 saturated heterocycles. The second-order valence-electron chi connectivity index (χ2n) is 6.56. The van der Waals surface area contributed by atoms with Crippen molar-refractivity contribution in [1.29, 1.82) is 0 Å². The molecule has 3 N–H and O–H groups in total. The first kappa shape index (κ1) is 20.0. The second-order valence-corrected chi connectivity index (χ2v) is 8.49. The molecule has 0 saturated carbocycles. The van der Waals surface area contributed by atoms with Gasteiger partial charge in [0.05, 0.1) is 22.1 Å². The highest BCUT2D eigenvalue weighted by atomic mass is 32.2. The van der Waals surface area contributed by atoms with Gasteiger partial charge in [-0.05, 0) is 49.2 Å². The highest BCUT2D eigenvalue weighted by molar-refractivity contribution is 7.89. The van der Waals surface area contributed by atoms with Crippen LogP contribution >= 0.6 is 0 Å². The fourth-order valence-corrected chi connectivity index (χ4v) is 4.70. The Hall–Kier alpha value is -2.78. The van der Waals surface area contributed by atoms with Crippen molar-refractivity contribution >= 4 is 27.5 Å². The van der Waals surface area contributed by atoms with Crippen LogP contribution < -0.4 is 11.1 Å². The van der Waals surface area contributed by atoms with Gasteiger partial charge in [-0.15, -0.1) is 0 Å². The van der Waals surface area contributed by atoms with E-state index in [-0.39, 0.29) is 29.5 Å². The van der Waals surface area contributed by atoms with Crippen molar-refractivity contribution in [3.63, 3.8) is 0 Å². The van der Waals surface area contributed by atoms with Crippen molar-refractivity contribution in [3.8, 4) is 0 Å². The largest absolute Gasteiger partial charge is 0.366 e. The number of carbonyl (C=O) groups is 2. The number of nitrogens with zero attached hydrogens (tertiary/aromatic N) is 1. The number of anilines is 1. The molecule has 0 spiro atoms. The summed E-state index contributed by atoms with van der Waals surface area (Å²) in [6.07, 6.45) is 1.02. The van der Waals surface area contributed by atoms with Gasteiger partial charge in [-0.2, -0.15) is 4.31 Å². The summed E-state index contributed by atoms with van der Waals surface area (Å²) in [4.78, 5) is 24.1. The van der Waals surface area contributed by atoms with Crippen molar-refractivity contribution in [3.05, 3.63) is 59.9 Å². The number of amides is 2. The Morgan fingerprint density at radius 3 is 2.46 bits per heavy atom. The highest BCUT2D eigenvalue weighted by Crippen LogP contribution is 2.25. The molecule has 0 aromatic heterocycles. The predicted octanol–water partition coefficient (Wildman–Crippen LogP) is 1.96. The quantitative estimate of drug-likeness (QED) is 0.792. The number of nitrogens with two attached hydrogens (primary N) is 1. The number of benzene rings is 2. The van der Waals surface area contributed by atoms with E-state index in [9.17, 15) is 22.4 Å². The molecule has 0 bridgehead atoms. The first-order chi connectivity index (χ1) is 13.3. The summed E-state index contributed by atoms with van der Waals surface area (Å²) in [5, 5.41) is 2.67. The molecule has 2 aromatic carbocycles. The van der Waals surface area contributed by atoms with E-state index in [1.165, 1.54) is 22.5 Å². The summed E-state index contributed by atoms with van der Waals surface area (Å²) in [7, 11) is -3.83. The number of hydrogen-bond acceptors (Lipinski definition) is 4. The zero-order valence-electron chi connectivity index (χ0n) is 15.0. The predicted molar refractivity (Wildman–Crippen MR) is 101 cm³/mol. The molecule has 1 fully saturated rings. The summed E-state index contributed by atoms with van der Waals surface area (Å²) >= 11 is 0. The standard InChI is InChI=1S/C19H20FN3O4S/c20-14-7-9-15(10-8-14)28(26,27)23-11-3-4-13(12-23)19(25)22-17-6-2-1-5-16(17)18(21)24/h1-2,5-10,13H,3-4,11-12H2,(H2,21,24)(H,22,25)/t13-/m1/s1. The molecule has 9 heteroatoms. The van der Waals surface area contributed by atoms with Crippen molar-refractivity contribution in [2.75, 3.05) is 18.4 Å². The molecular weight excluding hydrogens is 385 g/mol. The van der Waals surface area contributed by atoms with E-state index in [1.54, 1.807) is 18.2 Å². The lowest BCUT2D eigenvalue weighted by Crippen LogP contribution is -2.43. The summed E-state index contributed by atoms with van der Waals surface area (Å²) < 4.78 is 39.9. The van der Waals surface area contributed by atoms with Gasteiger partial charge in [0.2, 0.25) is 15.9 Å². The van der Waals surface area contributed by atoms with Crippen LogP contribution in [-0.4, -0.2) is 37.6 Å². The molecule has 0 aliphatic carbocycles. The molecule has 1 heterocycles. The van der Waals surface area contributed by atoms with Crippen LogP contribution in [0.15, 0.2) is 53.4 Å². The molecule has 1 atom stereocenters. The third-order valence-corrected chi connectivity index (χ3v) is 6.54. The fraction of sp³-hybridized carbons (Fsp3) is 0.263. The molecule has 7 nitrogen and oxygen atoms in total. The molecule has 1 aliphatic rings. The van der Waals surface area contributed by atoms with Crippen molar-refractivity contribution < 1.29 is 22.4 Å². The fourth-order valence-electron chi connectivity index (χ4n) is 3.17. The Morgan fingerprint density at radius 2 is 1.79 bits per heavy atom. The Balaban J connectivity index is 1.75. The molecule has 148 valence electrons. The summed E-state index contributed by atoms with van der Waals surface area (Å²) in [5.41, 5.74) is 5.79. The van der Waals surface area contributed by atoms with Gasteiger partial charge in [0, 0.05) is 13.1 Å². The average Bonchev–Trinajstić information content (AvgIpc) is 2.68. The SMILES string of the molecule is NC(=O)c1ccccc1NC(=O)[C@@H]1CCCN(S(=O)(=O)c2ccc(F)cc2)C1. The van der Waals surface area contributed by atoms with Crippen LogP contribution in [0, 0.1) is 11.7 Å². The minimum absolute atomic E-state index is 0.00425. The molecule has 0 radical (unpaired) electrons. The zero-order valence-corrected chi connectivity index (χ0v) is 15.8. The maximum atomic E-state index is 13.1. The first-order valence-corrected chi connectivity index (χ1v) is 10.2. The Bertz CT molecular complexity index is 992. The molecule has 0 unspecified atom stereocenters. The number of halogens is 1. The van der Waals surface area contributed by atoms with E-state index in [0.717, 1.165) is 12.1 Å². The number of primary amides is 1. The minimum Gasteiger partial charge on any atom is -0.366 e. The van der Waals surface area contributed by atoms with Gasteiger partial charge < -0.3 is 11.1 Å². The second kappa shape index (κ2) is 8.07. The third-order valence-electron chi connectivity index (χ3n) is 4.66. The van der Waals surface area contributed by atoms with Crippen molar-refractivity contribution in [1.82, 2.24) is 4.31 Å². The van der Waals surface area contributed by atoms with Crippen LogP contribution in [0.4, 0.5) is 10.1 Å². The maximum absolute atomic E-state index is 13.1. The number of sulfonamides is 1. The molecule has 2 aromatic rings. The van der Waals surface area contributed by atoms with Crippen LogP contribution in [0.1, 0.15) is 23.2 Å². The average molecular weight is 405 g/mol. The lowest BCUT2D eigenvalue weighted by Gasteiger charge is -2.31. The van der Waals surface area contributed by atoms with Gasteiger partial charge in [0.1, 0.15) is 5.82 Å². The highest BCUT2D eigenvalue weighted by Gasteiger charge is 2.33. The Kier molecular flexibility index (Phi) is 5.76. The maximum Gasteiger partial charge on any atom is 0.250 e. The molecule has 28 heavy (non-hydrogen) atoms. The van der Waals surface area contributed by atoms with Gasteiger partial charge >= 0.3 is 0 Å². The number of nitrogens with one attached hydrogen (secondary N) is 1. The minimum atomic E-state index is -3.83. The van der Waals surface area contributed by atoms with Gasteiger partial charge in [0.15, 0.2) is 0 Å². The number of carbonyl (C=O) groups excluding carboxylic acids is 2. The monoisotopic (exact) mass is 405 g/mol. The van der Waals surface area contributed by atoms with Crippen LogP contribution in [-0.2, 0) is 14.8 Å². The molecule has 1 aliphatic heterocycles. The van der Waals surface area contributed by atoms with Gasteiger partial charge in [-0.25, -0.2) is 12.8 Å². The lowest BCUT2D eigenvalue weighted by molar-refractivity contribution is -0.120. The van der Waals surface area contributed by atoms with E-state index >= 15 is 0 Å². The van der Waals surface area contributed by atoms with Crippen LogP contribution in [0.2, 0.25) is 0 Å². The van der Waals surface area contributed by atoms with E-state index < -0.39 is 27.7 Å². The topological polar surface area (TPSA) is 110 Å². The van der Waals surface area contributed by atoms with E-state index in [1.807, 2.05) is 0 Å². The smallest absolute Gasteiger partial charge is 0.250 e. The van der Waals surface area contributed by atoms with E-state index in [0.29, 0.717) is 18.5 Å². The zero-order chi connectivity index (χ0) is 20.3. The van der Waals surface area contributed by atoms with Crippen molar-refractivity contribution in [2.24, 2.45) is 11.7 Å². The Morgan fingerprint density at radius 1 is 1.11 bits per heavy atom. The number of hydrogen-bond donors (Lipinski definition) is 2. The summed E-state index contributed by atoms with van der Waals surface area (Å²) in [5.74, 6) is -2.15. The Labute approximate surface area is 162 Å². The molecular formula is C19H20FN3O4S. The first-order valence-electron chi connectivity index (χ1n) is 8.74. The van der Waals surface area contributed by atoms with Crippen molar-refractivity contribution in [2.45, 2.75) is 17.7 Å². The number of rotatable bonds is 5. The van der Waals surface area contributed by atoms with Gasteiger partial charge in [0.25, 0.3) is 5.91 Å². The number of para-hydroxylation sites is 1. The summed E-state index contributed by atoms with van der Waals surface area (Å²) in [6, 6.07) is 10.9. The molecule has 2 amide bonds. The normalized spacial score (nSPS) is 17.8. The molecule has 3 rings (SSSR count). The summed E-state index contributed by atoms with van der Waals surface area (Å²) in [6.45, 7) is 0.283. The van der Waals surface area contributed by atoms with E-state index in [4.69, 9.17) is 5.73 Å². The third kappa shape index (κ3) is 4.20. The van der Waals surface area contributed by atoms with E-state index in [2.05, 4.69) is 5.32 Å². The van der Waals surface area contributed by atoms with Gasteiger partial charge in [-0.1, -0.05) is 12.1 Å². The van der Waals surface area contributed by atoms with Crippen LogP contribution in [0.25, 0.3) is 0 Å².